The van der Waals surface area contributed by atoms with Gasteiger partial charge in [0, 0.05) is 60.6 Å². The van der Waals surface area contributed by atoms with Gasteiger partial charge in [0.15, 0.2) is 0 Å². The van der Waals surface area contributed by atoms with Crippen LogP contribution in [0.1, 0.15) is 41.6 Å². The highest BCUT2D eigenvalue weighted by molar-refractivity contribution is 5.87. The number of carbonyl (C=O) groups is 1. The second kappa shape index (κ2) is 10.6. The number of ether oxygens (including phenoxy) is 2. The number of aromatic amines is 1. The Bertz CT molecular complexity index is 1310. The largest absolute Gasteiger partial charge is 0.497 e. The van der Waals surface area contributed by atoms with Gasteiger partial charge in [-0.05, 0) is 72.2 Å². The van der Waals surface area contributed by atoms with Gasteiger partial charge >= 0.3 is 5.97 Å². The molecule has 0 saturated carbocycles. The topological polar surface area (TPSA) is 78.6 Å². The average Bonchev–Trinajstić information content (AvgIpc) is 3.62. The molecule has 5 rings (SSSR count). The molecule has 7 heteroatoms. The first-order valence-corrected chi connectivity index (χ1v) is 12.5. The number of hydrogen-bond acceptors (Lipinski definition) is 6. The minimum Gasteiger partial charge on any atom is -0.497 e. The van der Waals surface area contributed by atoms with E-state index in [9.17, 15) is 4.79 Å². The van der Waals surface area contributed by atoms with Crippen LogP contribution in [-0.4, -0.2) is 49.2 Å². The molecule has 2 heterocycles. The summed E-state index contributed by atoms with van der Waals surface area (Å²) in [6, 6.07) is 13.4. The molecule has 2 aromatic carbocycles. The Morgan fingerprint density at radius 3 is 2.86 bits per heavy atom. The monoisotopic (exact) mass is 486 g/mol. The maximum atomic E-state index is 11.5. The molecule has 1 aliphatic carbocycles. The SMILES string of the molecule is COC(=O)/C=C/c1ccc2c(c1)CCC2N(CCc1c[nH]c2cc(OC)ccc12)CC1=CNNC1C. The Kier molecular flexibility index (Phi) is 7.11. The molecule has 0 saturated heterocycles. The third-order valence-corrected chi connectivity index (χ3v) is 7.41. The van der Waals surface area contributed by atoms with Crippen LogP contribution in [0.25, 0.3) is 17.0 Å². The van der Waals surface area contributed by atoms with Crippen LogP contribution in [0.2, 0.25) is 0 Å². The highest BCUT2D eigenvalue weighted by Gasteiger charge is 2.30. The van der Waals surface area contributed by atoms with Gasteiger partial charge in [-0.2, -0.15) is 0 Å². The summed E-state index contributed by atoms with van der Waals surface area (Å²) in [7, 11) is 3.09. The Morgan fingerprint density at radius 2 is 2.08 bits per heavy atom. The number of methoxy groups -OCH3 is 2. The Hall–Kier alpha value is -3.55. The summed E-state index contributed by atoms with van der Waals surface area (Å²) in [5.74, 6) is 0.527. The predicted octanol–water partition coefficient (Wildman–Crippen LogP) is 4.27. The summed E-state index contributed by atoms with van der Waals surface area (Å²) in [5, 5.41) is 1.25. The van der Waals surface area contributed by atoms with Crippen molar-refractivity contribution >= 4 is 22.9 Å². The van der Waals surface area contributed by atoms with Crippen molar-refractivity contribution in [1.29, 1.82) is 0 Å². The van der Waals surface area contributed by atoms with E-state index >= 15 is 0 Å². The van der Waals surface area contributed by atoms with Gasteiger partial charge in [0.25, 0.3) is 0 Å². The van der Waals surface area contributed by atoms with Crippen molar-refractivity contribution in [1.82, 2.24) is 20.7 Å². The normalized spacial score (nSPS) is 19.1. The lowest BCUT2D eigenvalue weighted by molar-refractivity contribution is -0.134. The van der Waals surface area contributed by atoms with E-state index in [1.807, 2.05) is 12.1 Å². The molecular weight excluding hydrogens is 452 g/mol. The standard InChI is InChI=1S/C29H34N4O3/c1-19-23(17-31-32-19)18-33(13-12-22-16-30-27-15-24(35-2)7-9-25(22)27)28-10-6-21-14-20(4-8-26(21)28)5-11-29(34)36-3/h4-5,7-9,11,14-17,19,28,30-32H,6,10,12-13,18H2,1-3H3/b11-5+. The van der Waals surface area contributed by atoms with Crippen molar-refractivity contribution < 1.29 is 14.3 Å². The van der Waals surface area contributed by atoms with Crippen LogP contribution in [0, 0.1) is 0 Å². The molecular formula is C29H34N4O3. The summed E-state index contributed by atoms with van der Waals surface area (Å²) in [6.45, 7) is 4.06. The van der Waals surface area contributed by atoms with Crippen molar-refractivity contribution in [3.8, 4) is 5.75 Å². The molecule has 0 radical (unpaired) electrons. The van der Waals surface area contributed by atoms with Gasteiger partial charge in [0.05, 0.1) is 14.2 Å². The molecule has 0 amide bonds. The van der Waals surface area contributed by atoms with Crippen LogP contribution in [0.15, 0.2) is 60.4 Å². The van der Waals surface area contributed by atoms with Crippen molar-refractivity contribution in [2.75, 3.05) is 27.3 Å². The van der Waals surface area contributed by atoms with Crippen molar-refractivity contribution in [3.63, 3.8) is 0 Å². The number of H-pyrrole nitrogens is 1. The number of carbonyl (C=O) groups excluding carboxylic acids is 1. The molecule has 7 nitrogen and oxygen atoms in total. The maximum absolute atomic E-state index is 11.5. The Labute approximate surface area is 212 Å². The number of aryl methyl sites for hydroxylation is 1. The molecule has 1 aliphatic heterocycles. The molecule has 2 atom stereocenters. The molecule has 3 N–H and O–H groups in total. The number of benzene rings is 2. The Balaban J connectivity index is 1.37. The number of hydrazine groups is 1. The van der Waals surface area contributed by atoms with E-state index in [2.05, 4.69) is 70.4 Å². The number of rotatable bonds is 9. The van der Waals surface area contributed by atoms with E-state index in [1.165, 1.54) is 40.8 Å². The van der Waals surface area contributed by atoms with Crippen LogP contribution in [0.3, 0.4) is 0 Å². The molecule has 0 spiro atoms. The quantitative estimate of drug-likeness (QED) is 0.310. The van der Waals surface area contributed by atoms with Gasteiger partial charge in [0.1, 0.15) is 5.75 Å². The molecule has 1 aromatic heterocycles. The molecule has 36 heavy (non-hydrogen) atoms. The zero-order chi connectivity index (χ0) is 25.1. The van der Waals surface area contributed by atoms with Crippen molar-refractivity contribution in [2.24, 2.45) is 0 Å². The van der Waals surface area contributed by atoms with Crippen LogP contribution < -0.4 is 15.6 Å². The molecule has 0 fully saturated rings. The fourth-order valence-corrected chi connectivity index (χ4v) is 5.33. The van der Waals surface area contributed by atoms with E-state index in [0.717, 1.165) is 49.2 Å². The first-order chi connectivity index (χ1) is 17.6. The van der Waals surface area contributed by atoms with Gasteiger partial charge in [-0.25, -0.2) is 10.2 Å². The summed E-state index contributed by atoms with van der Waals surface area (Å²) >= 11 is 0. The highest BCUT2D eigenvalue weighted by Crippen LogP contribution is 2.37. The molecule has 2 unspecified atom stereocenters. The van der Waals surface area contributed by atoms with E-state index < -0.39 is 0 Å². The van der Waals surface area contributed by atoms with Gasteiger partial charge in [-0.15, -0.1) is 0 Å². The number of esters is 1. The molecule has 0 bridgehead atoms. The summed E-state index contributed by atoms with van der Waals surface area (Å²) in [4.78, 5) is 17.5. The zero-order valence-electron chi connectivity index (χ0n) is 21.1. The number of hydrogen-bond donors (Lipinski definition) is 3. The molecule has 2 aliphatic rings. The van der Waals surface area contributed by atoms with Gasteiger partial charge < -0.3 is 19.9 Å². The molecule has 3 aromatic rings. The maximum Gasteiger partial charge on any atom is 0.330 e. The van der Waals surface area contributed by atoms with Gasteiger partial charge in [0.2, 0.25) is 0 Å². The van der Waals surface area contributed by atoms with Crippen LogP contribution >= 0.6 is 0 Å². The number of fused-ring (bicyclic) bond motifs is 2. The second-order valence-electron chi connectivity index (χ2n) is 9.54. The van der Waals surface area contributed by atoms with Crippen molar-refractivity contribution in [2.45, 2.75) is 38.3 Å². The lowest BCUT2D eigenvalue weighted by Crippen LogP contribution is -2.35. The first-order valence-electron chi connectivity index (χ1n) is 12.5. The third kappa shape index (κ3) is 5.03. The summed E-state index contributed by atoms with van der Waals surface area (Å²) in [6.07, 6.45) is 10.6. The van der Waals surface area contributed by atoms with Crippen LogP contribution in [-0.2, 0) is 22.4 Å². The van der Waals surface area contributed by atoms with E-state index in [4.69, 9.17) is 9.47 Å². The highest BCUT2D eigenvalue weighted by atomic mass is 16.5. The lowest BCUT2D eigenvalue weighted by atomic mass is 10.0. The van der Waals surface area contributed by atoms with E-state index in [-0.39, 0.29) is 5.97 Å². The number of aromatic nitrogens is 1. The zero-order valence-corrected chi connectivity index (χ0v) is 21.1. The van der Waals surface area contributed by atoms with E-state index in [0.29, 0.717) is 12.1 Å². The molecule has 188 valence electrons. The summed E-state index contributed by atoms with van der Waals surface area (Å²) in [5.41, 5.74) is 14.0. The number of nitrogens with zero attached hydrogens (tertiary/aromatic N) is 1. The lowest BCUT2D eigenvalue weighted by Gasteiger charge is -2.31. The average molecular weight is 487 g/mol. The third-order valence-electron chi connectivity index (χ3n) is 7.41. The first kappa shape index (κ1) is 24.2. The van der Waals surface area contributed by atoms with Gasteiger partial charge in [-0.3, -0.25) is 4.90 Å². The Morgan fingerprint density at radius 1 is 1.19 bits per heavy atom. The summed E-state index contributed by atoms with van der Waals surface area (Å²) < 4.78 is 10.1. The minimum absolute atomic E-state index is 0.305. The van der Waals surface area contributed by atoms with Crippen molar-refractivity contribution in [3.05, 3.63) is 82.7 Å². The van der Waals surface area contributed by atoms with Crippen LogP contribution in [0.5, 0.6) is 5.75 Å². The minimum atomic E-state index is -0.337. The fourth-order valence-electron chi connectivity index (χ4n) is 5.33. The van der Waals surface area contributed by atoms with Crippen LogP contribution in [0.4, 0.5) is 0 Å². The van der Waals surface area contributed by atoms with Gasteiger partial charge in [-0.1, -0.05) is 18.2 Å². The fraction of sp³-hybridized carbons (Fsp3) is 0.345. The second-order valence-corrected chi connectivity index (χ2v) is 9.54. The number of nitrogens with one attached hydrogen (secondary N) is 3. The smallest absolute Gasteiger partial charge is 0.330 e. The van der Waals surface area contributed by atoms with E-state index in [1.54, 1.807) is 7.11 Å². The predicted molar refractivity (Wildman–Crippen MR) is 142 cm³/mol.